The van der Waals surface area contributed by atoms with Crippen LogP contribution in [0.4, 0.5) is 5.69 Å². The normalized spacial score (nSPS) is 33.1. The van der Waals surface area contributed by atoms with Gasteiger partial charge in [0.05, 0.1) is 6.61 Å². The van der Waals surface area contributed by atoms with Crippen LogP contribution in [0.25, 0.3) is 0 Å². The summed E-state index contributed by atoms with van der Waals surface area (Å²) in [5.41, 5.74) is 2.04. The minimum atomic E-state index is 0.382. The van der Waals surface area contributed by atoms with Crippen LogP contribution >= 0.6 is 0 Å². The number of hydrogen-bond acceptors (Lipinski definition) is 2. The molecule has 1 unspecified atom stereocenters. The first-order valence-corrected chi connectivity index (χ1v) is 8.45. The van der Waals surface area contributed by atoms with E-state index in [2.05, 4.69) is 57.3 Å². The van der Waals surface area contributed by atoms with E-state index in [1.165, 1.54) is 24.9 Å². The number of nitrogens with one attached hydrogen (secondary N) is 1. The third kappa shape index (κ3) is 2.54. The molecule has 2 aliphatic rings. The van der Waals surface area contributed by atoms with Crippen LogP contribution < -0.4 is 10.1 Å². The summed E-state index contributed by atoms with van der Waals surface area (Å²) in [6.45, 7) is 10.3. The quantitative estimate of drug-likeness (QED) is 0.813. The minimum absolute atomic E-state index is 0.382. The Balaban J connectivity index is 1.77. The Labute approximate surface area is 129 Å². The summed E-state index contributed by atoms with van der Waals surface area (Å²) in [7, 11) is 0. The summed E-state index contributed by atoms with van der Waals surface area (Å²) in [5.74, 6) is 1.85. The van der Waals surface area contributed by atoms with Gasteiger partial charge in [-0.1, -0.05) is 33.8 Å². The SMILES string of the molecule is CCCOc1cccc(NC2C(C)(C)[C@H]3CC[C@]2(C)C3)c1. The topological polar surface area (TPSA) is 21.3 Å². The molecule has 0 saturated heterocycles. The van der Waals surface area contributed by atoms with Crippen molar-refractivity contribution >= 4 is 5.69 Å². The molecule has 1 N–H and O–H groups in total. The first-order chi connectivity index (χ1) is 9.95. The van der Waals surface area contributed by atoms with Crippen molar-refractivity contribution in [2.45, 2.75) is 59.4 Å². The average molecular weight is 287 g/mol. The van der Waals surface area contributed by atoms with Crippen LogP contribution in [0.3, 0.4) is 0 Å². The summed E-state index contributed by atoms with van der Waals surface area (Å²) in [6.07, 6.45) is 5.20. The van der Waals surface area contributed by atoms with Gasteiger partial charge in [-0.3, -0.25) is 0 Å². The van der Waals surface area contributed by atoms with Gasteiger partial charge in [0.15, 0.2) is 0 Å². The maximum atomic E-state index is 5.76. The van der Waals surface area contributed by atoms with Gasteiger partial charge in [-0.15, -0.1) is 0 Å². The molecule has 0 aromatic heterocycles. The van der Waals surface area contributed by atoms with Gasteiger partial charge in [-0.05, 0) is 54.6 Å². The molecule has 2 bridgehead atoms. The number of ether oxygens (including phenoxy) is 1. The van der Waals surface area contributed by atoms with E-state index in [1.807, 2.05) is 0 Å². The van der Waals surface area contributed by atoms with E-state index in [-0.39, 0.29) is 0 Å². The highest BCUT2D eigenvalue weighted by Gasteiger charge is 2.59. The van der Waals surface area contributed by atoms with E-state index >= 15 is 0 Å². The average Bonchev–Trinajstić information content (AvgIpc) is 2.93. The number of fused-ring (bicyclic) bond motifs is 2. The lowest BCUT2D eigenvalue weighted by Crippen LogP contribution is -2.45. The van der Waals surface area contributed by atoms with Crippen LogP contribution in [-0.2, 0) is 0 Å². The Morgan fingerprint density at radius 3 is 2.76 bits per heavy atom. The maximum absolute atomic E-state index is 5.76. The minimum Gasteiger partial charge on any atom is -0.494 e. The molecule has 3 atom stereocenters. The molecule has 0 amide bonds. The van der Waals surface area contributed by atoms with Gasteiger partial charge >= 0.3 is 0 Å². The Kier molecular flexibility index (Phi) is 3.67. The predicted molar refractivity (Wildman–Crippen MR) is 88.9 cm³/mol. The summed E-state index contributed by atoms with van der Waals surface area (Å²) in [4.78, 5) is 0. The van der Waals surface area contributed by atoms with Crippen molar-refractivity contribution in [3.63, 3.8) is 0 Å². The van der Waals surface area contributed by atoms with E-state index in [9.17, 15) is 0 Å². The van der Waals surface area contributed by atoms with Crippen LogP contribution in [0.1, 0.15) is 53.4 Å². The zero-order valence-electron chi connectivity index (χ0n) is 13.9. The van der Waals surface area contributed by atoms with Gasteiger partial charge in [0.2, 0.25) is 0 Å². The zero-order chi connectivity index (χ0) is 15.1. The second kappa shape index (κ2) is 5.23. The molecule has 3 rings (SSSR count). The Morgan fingerprint density at radius 2 is 2.10 bits per heavy atom. The van der Waals surface area contributed by atoms with Gasteiger partial charge in [0.25, 0.3) is 0 Å². The fraction of sp³-hybridized carbons (Fsp3) is 0.684. The second-order valence-electron chi connectivity index (χ2n) is 7.87. The van der Waals surface area contributed by atoms with Crippen molar-refractivity contribution in [1.29, 1.82) is 0 Å². The smallest absolute Gasteiger partial charge is 0.121 e. The van der Waals surface area contributed by atoms with Crippen LogP contribution in [-0.4, -0.2) is 12.6 Å². The molecule has 2 heteroatoms. The highest BCUT2D eigenvalue weighted by atomic mass is 16.5. The highest BCUT2D eigenvalue weighted by molar-refractivity contribution is 5.50. The first kappa shape index (κ1) is 14.7. The fourth-order valence-corrected chi connectivity index (χ4v) is 4.72. The van der Waals surface area contributed by atoms with Crippen molar-refractivity contribution in [3.8, 4) is 5.75 Å². The van der Waals surface area contributed by atoms with Gasteiger partial charge < -0.3 is 10.1 Å². The number of hydrogen-bond donors (Lipinski definition) is 1. The van der Waals surface area contributed by atoms with E-state index in [0.29, 0.717) is 16.9 Å². The molecule has 2 saturated carbocycles. The number of rotatable bonds is 5. The van der Waals surface area contributed by atoms with Crippen molar-refractivity contribution in [1.82, 2.24) is 0 Å². The first-order valence-electron chi connectivity index (χ1n) is 8.45. The summed E-state index contributed by atoms with van der Waals surface area (Å²) >= 11 is 0. The number of anilines is 1. The lowest BCUT2D eigenvalue weighted by Gasteiger charge is -2.43. The van der Waals surface area contributed by atoms with Crippen molar-refractivity contribution in [3.05, 3.63) is 24.3 Å². The van der Waals surface area contributed by atoms with Gasteiger partial charge in [-0.25, -0.2) is 0 Å². The van der Waals surface area contributed by atoms with Crippen LogP contribution in [0.5, 0.6) is 5.75 Å². The van der Waals surface area contributed by atoms with E-state index in [4.69, 9.17) is 4.74 Å². The Hall–Kier alpha value is -1.18. The standard InChI is InChI=1S/C19H29NO/c1-5-11-21-16-8-6-7-15(12-16)20-17-18(2,3)14-9-10-19(17,4)13-14/h6-8,12,14,17,20H,5,9-11,13H2,1-4H3/t14-,17?,19+/m0/s1. The van der Waals surface area contributed by atoms with Crippen LogP contribution in [0.2, 0.25) is 0 Å². The van der Waals surface area contributed by atoms with Crippen molar-refractivity contribution < 1.29 is 4.74 Å². The van der Waals surface area contributed by atoms with Gasteiger partial charge in [0.1, 0.15) is 5.75 Å². The molecule has 0 spiro atoms. The second-order valence-corrected chi connectivity index (χ2v) is 7.87. The zero-order valence-corrected chi connectivity index (χ0v) is 13.9. The maximum Gasteiger partial charge on any atom is 0.121 e. The third-order valence-electron chi connectivity index (χ3n) is 5.89. The van der Waals surface area contributed by atoms with Gasteiger partial charge in [0, 0.05) is 17.8 Å². The lowest BCUT2D eigenvalue weighted by molar-refractivity contribution is 0.155. The van der Waals surface area contributed by atoms with E-state index in [0.717, 1.165) is 24.7 Å². The Morgan fingerprint density at radius 1 is 1.29 bits per heavy atom. The van der Waals surface area contributed by atoms with Gasteiger partial charge in [-0.2, -0.15) is 0 Å². The molecule has 1 aromatic rings. The summed E-state index contributed by atoms with van der Waals surface area (Å²) in [6, 6.07) is 9.03. The molecular formula is C19H29NO. The molecule has 2 fully saturated rings. The van der Waals surface area contributed by atoms with Crippen LogP contribution in [0, 0.1) is 16.7 Å². The monoisotopic (exact) mass is 287 g/mol. The summed E-state index contributed by atoms with van der Waals surface area (Å²) in [5, 5.41) is 3.84. The molecule has 0 heterocycles. The highest BCUT2D eigenvalue weighted by Crippen LogP contribution is 2.63. The fourth-order valence-electron chi connectivity index (χ4n) is 4.72. The van der Waals surface area contributed by atoms with Crippen LogP contribution in [0.15, 0.2) is 24.3 Å². The third-order valence-corrected chi connectivity index (χ3v) is 5.89. The Bertz CT molecular complexity index is 505. The molecule has 2 aliphatic carbocycles. The molecular weight excluding hydrogens is 258 g/mol. The summed E-state index contributed by atoms with van der Waals surface area (Å²) < 4.78 is 5.76. The van der Waals surface area contributed by atoms with E-state index < -0.39 is 0 Å². The number of benzene rings is 1. The molecule has 1 aromatic carbocycles. The molecule has 0 radical (unpaired) electrons. The molecule has 0 aliphatic heterocycles. The largest absolute Gasteiger partial charge is 0.494 e. The van der Waals surface area contributed by atoms with E-state index in [1.54, 1.807) is 0 Å². The van der Waals surface area contributed by atoms with Crippen molar-refractivity contribution in [2.75, 3.05) is 11.9 Å². The lowest BCUT2D eigenvalue weighted by atomic mass is 9.68. The molecule has 2 nitrogen and oxygen atoms in total. The predicted octanol–water partition coefficient (Wildman–Crippen LogP) is 5.10. The van der Waals surface area contributed by atoms with Crippen molar-refractivity contribution in [2.24, 2.45) is 16.7 Å². The molecule has 21 heavy (non-hydrogen) atoms. The molecule has 116 valence electrons.